The molecule has 0 aliphatic carbocycles. The van der Waals surface area contributed by atoms with Crippen molar-refractivity contribution in [2.75, 3.05) is 6.61 Å². The van der Waals surface area contributed by atoms with Crippen LogP contribution < -0.4 is 10.1 Å². The summed E-state index contributed by atoms with van der Waals surface area (Å²) in [5.74, 6) is 4.12. The number of ether oxygens (including phenoxy) is 1. The SMILES string of the molecule is C#CC(C)NC1c2ccccc2OCC1C. The summed E-state index contributed by atoms with van der Waals surface area (Å²) >= 11 is 0. The van der Waals surface area contributed by atoms with Crippen molar-refractivity contribution >= 4 is 0 Å². The van der Waals surface area contributed by atoms with Crippen LogP contribution in [-0.4, -0.2) is 12.6 Å². The number of benzene rings is 1. The molecule has 3 unspecified atom stereocenters. The van der Waals surface area contributed by atoms with Crippen molar-refractivity contribution in [3.05, 3.63) is 29.8 Å². The number of terminal acetylenes is 1. The summed E-state index contributed by atoms with van der Waals surface area (Å²) in [6.07, 6.45) is 5.41. The number of para-hydroxylation sites is 1. The minimum absolute atomic E-state index is 0.0820. The van der Waals surface area contributed by atoms with E-state index in [0.717, 1.165) is 12.4 Å². The molecule has 16 heavy (non-hydrogen) atoms. The zero-order valence-electron chi connectivity index (χ0n) is 9.73. The molecule has 1 aliphatic rings. The zero-order chi connectivity index (χ0) is 11.5. The number of fused-ring (bicyclic) bond motifs is 1. The highest BCUT2D eigenvalue weighted by molar-refractivity contribution is 5.38. The predicted octanol–water partition coefficient (Wildman–Crippen LogP) is 2.37. The van der Waals surface area contributed by atoms with Gasteiger partial charge in [0.1, 0.15) is 5.75 Å². The standard InChI is InChI=1S/C14H17NO/c1-4-11(3)15-14-10(2)9-16-13-8-6-5-7-12(13)14/h1,5-8,10-11,14-15H,9H2,2-3H3. The van der Waals surface area contributed by atoms with Crippen molar-refractivity contribution in [1.29, 1.82) is 0 Å². The van der Waals surface area contributed by atoms with Gasteiger partial charge in [-0.25, -0.2) is 0 Å². The van der Waals surface area contributed by atoms with Crippen LogP contribution in [0, 0.1) is 18.3 Å². The lowest BCUT2D eigenvalue weighted by molar-refractivity contribution is 0.186. The van der Waals surface area contributed by atoms with Gasteiger partial charge in [0.2, 0.25) is 0 Å². The molecule has 1 aromatic rings. The summed E-state index contributed by atoms with van der Waals surface area (Å²) in [5.41, 5.74) is 1.21. The van der Waals surface area contributed by atoms with E-state index in [1.807, 2.05) is 25.1 Å². The van der Waals surface area contributed by atoms with E-state index in [9.17, 15) is 0 Å². The molecule has 0 aromatic heterocycles. The number of hydrogen-bond donors (Lipinski definition) is 1. The Hall–Kier alpha value is -1.46. The lowest BCUT2D eigenvalue weighted by Gasteiger charge is -2.33. The molecule has 0 bridgehead atoms. The first-order valence-corrected chi connectivity index (χ1v) is 5.66. The number of nitrogens with one attached hydrogen (secondary N) is 1. The van der Waals surface area contributed by atoms with Crippen LogP contribution >= 0.6 is 0 Å². The minimum Gasteiger partial charge on any atom is -0.493 e. The topological polar surface area (TPSA) is 21.3 Å². The van der Waals surface area contributed by atoms with E-state index in [1.54, 1.807) is 0 Å². The fraction of sp³-hybridized carbons (Fsp3) is 0.429. The van der Waals surface area contributed by atoms with Gasteiger partial charge in [-0.1, -0.05) is 31.0 Å². The van der Waals surface area contributed by atoms with Crippen LogP contribution in [0.1, 0.15) is 25.5 Å². The number of rotatable bonds is 2. The Kier molecular flexibility index (Phi) is 3.17. The van der Waals surface area contributed by atoms with Gasteiger partial charge in [-0.15, -0.1) is 6.42 Å². The second-order valence-electron chi connectivity index (χ2n) is 4.36. The smallest absolute Gasteiger partial charge is 0.124 e. The van der Waals surface area contributed by atoms with E-state index in [2.05, 4.69) is 24.2 Å². The normalized spacial score (nSPS) is 25.1. The van der Waals surface area contributed by atoms with E-state index < -0.39 is 0 Å². The van der Waals surface area contributed by atoms with Crippen molar-refractivity contribution in [2.24, 2.45) is 5.92 Å². The van der Waals surface area contributed by atoms with Crippen molar-refractivity contribution in [2.45, 2.75) is 25.9 Å². The van der Waals surface area contributed by atoms with Gasteiger partial charge in [-0.3, -0.25) is 5.32 Å². The maximum absolute atomic E-state index is 5.69. The average molecular weight is 215 g/mol. The largest absolute Gasteiger partial charge is 0.493 e. The highest BCUT2D eigenvalue weighted by Gasteiger charge is 2.27. The molecule has 2 rings (SSSR count). The summed E-state index contributed by atoms with van der Waals surface area (Å²) in [5, 5.41) is 3.46. The van der Waals surface area contributed by atoms with Crippen LogP contribution in [0.3, 0.4) is 0 Å². The third-order valence-electron chi connectivity index (χ3n) is 3.00. The molecule has 0 saturated carbocycles. The third kappa shape index (κ3) is 2.05. The molecule has 1 N–H and O–H groups in total. The highest BCUT2D eigenvalue weighted by atomic mass is 16.5. The molecule has 0 fully saturated rings. The van der Waals surface area contributed by atoms with Crippen LogP contribution in [-0.2, 0) is 0 Å². The summed E-state index contributed by atoms with van der Waals surface area (Å²) in [7, 11) is 0. The molecule has 1 heterocycles. The quantitative estimate of drug-likeness (QED) is 0.765. The molecule has 0 amide bonds. The first kappa shape index (κ1) is 11.0. The third-order valence-corrected chi connectivity index (χ3v) is 3.00. The first-order chi connectivity index (χ1) is 7.72. The van der Waals surface area contributed by atoms with Gasteiger partial charge >= 0.3 is 0 Å². The lowest BCUT2D eigenvalue weighted by atomic mass is 9.91. The fourth-order valence-corrected chi connectivity index (χ4v) is 2.06. The molecule has 1 aromatic carbocycles. The Labute approximate surface area is 97.0 Å². The Morgan fingerprint density at radius 1 is 1.50 bits per heavy atom. The predicted molar refractivity (Wildman–Crippen MR) is 65.3 cm³/mol. The van der Waals surface area contributed by atoms with Gasteiger partial charge in [0.25, 0.3) is 0 Å². The van der Waals surface area contributed by atoms with Gasteiger partial charge in [-0.2, -0.15) is 0 Å². The first-order valence-electron chi connectivity index (χ1n) is 5.66. The summed E-state index contributed by atoms with van der Waals surface area (Å²) in [6.45, 7) is 4.92. The van der Waals surface area contributed by atoms with E-state index in [-0.39, 0.29) is 12.1 Å². The Morgan fingerprint density at radius 3 is 3.00 bits per heavy atom. The second kappa shape index (κ2) is 4.59. The van der Waals surface area contributed by atoms with Crippen LogP contribution in [0.4, 0.5) is 0 Å². The molecule has 0 radical (unpaired) electrons. The zero-order valence-corrected chi connectivity index (χ0v) is 9.73. The molecule has 84 valence electrons. The minimum atomic E-state index is 0.0820. The lowest BCUT2D eigenvalue weighted by Crippen LogP contribution is -2.38. The van der Waals surface area contributed by atoms with Crippen molar-refractivity contribution in [1.82, 2.24) is 5.32 Å². The Balaban J connectivity index is 2.27. The maximum Gasteiger partial charge on any atom is 0.124 e. The van der Waals surface area contributed by atoms with E-state index in [1.165, 1.54) is 5.56 Å². The summed E-state index contributed by atoms with van der Waals surface area (Å²) in [4.78, 5) is 0. The summed E-state index contributed by atoms with van der Waals surface area (Å²) in [6, 6.07) is 8.52. The molecule has 1 aliphatic heterocycles. The van der Waals surface area contributed by atoms with Crippen LogP contribution in [0.25, 0.3) is 0 Å². The average Bonchev–Trinajstić information content (AvgIpc) is 2.32. The molecule has 2 nitrogen and oxygen atoms in total. The van der Waals surface area contributed by atoms with Crippen molar-refractivity contribution in [3.63, 3.8) is 0 Å². The Morgan fingerprint density at radius 2 is 2.25 bits per heavy atom. The van der Waals surface area contributed by atoms with Gasteiger partial charge in [0.15, 0.2) is 0 Å². The van der Waals surface area contributed by atoms with Gasteiger partial charge in [0, 0.05) is 17.5 Å². The Bertz CT molecular complexity index is 407. The van der Waals surface area contributed by atoms with Crippen LogP contribution in [0.15, 0.2) is 24.3 Å². The summed E-state index contributed by atoms with van der Waals surface area (Å²) < 4.78 is 5.69. The molecule has 2 heteroatoms. The maximum atomic E-state index is 5.69. The van der Waals surface area contributed by atoms with Crippen molar-refractivity contribution in [3.8, 4) is 18.1 Å². The van der Waals surface area contributed by atoms with E-state index >= 15 is 0 Å². The van der Waals surface area contributed by atoms with Crippen LogP contribution in [0.5, 0.6) is 5.75 Å². The van der Waals surface area contributed by atoms with Gasteiger partial charge < -0.3 is 4.74 Å². The molecule has 3 atom stereocenters. The van der Waals surface area contributed by atoms with Crippen molar-refractivity contribution < 1.29 is 4.74 Å². The van der Waals surface area contributed by atoms with Gasteiger partial charge in [0.05, 0.1) is 12.6 Å². The van der Waals surface area contributed by atoms with E-state index in [0.29, 0.717) is 5.92 Å². The highest BCUT2D eigenvalue weighted by Crippen LogP contribution is 2.35. The van der Waals surface area contributed by atoms with Crippen LogP contribution in [0.2, 0.25) is 0 Å². The monoisotopic (exact) mass is 215 g/mol. The fourth-order valence-electron chi connectivity index (χ4n) is 2.06. The van der Waals surface area contributed by atoms with E-state index in [4.69, 9.17) is 11.2 Å². The second-order valence-corrected chi connectivity index (χ2v) is 4.36. The molecular formula is C14H17NO. The molecule has 0 spiro atoms. The van der Waals surface area contributed by atoms with Gasteiger partial charge in [-0.05, 0) is 13.0 Å². The number of hydrogen-bond acceptors (Lipinski definition) is 2. The molecular weight excluding hydrogens is 198 g/mol. The molecule has 0 saturated heterocycles.